The first-order valence-electron chi connectivity index (χ1n) is 6.90. The Kier molecular flexibility index (Phi) is 6.44. The normalized spacial score (nSPS) is 17.7. The van der Waals surface area contributed by atoms with Gasteiger partial charge in [-0.05, 0) is 12.8 Å². The van der Waals surface area contributed by atoms with E-state index in [1.807, 2.05) is 0 Å². The van der Waals surface area contributed by atoms with Crippen molar-refractivity contribution in [1.29, 1.82) is 0 Å². The zero-order valence-corrected chi connectivity index (χ0v) is 11.9. The van der Waals surface area contributed by atoms with Crippen LogP contribution in [-0.4, -0.2) is 43.5 Å². The Morgan fingerprint density at radius 1 is 1.10 bits per heavy atom. The first kappa shape index (κ1) is 16.4. The summed E-state index contributed by atoms with van der Waals surface area (Å²) in [5, 5.41) is 5.12. The number of methoxy groups -OCH3 is 1. The first-order valence-corrected chi connectivity index (χ1v) is 6.90. The van der Waals surface area contributed by atoms with Gasteiger partial charge in [0.1, 0.15) is 5.54 Å². The van der Waals surface area contributed by atoms with Gasteiger partial charge in [-0.3, -0.25) is 9.59 Å². The van der Waals surface area contributed by atoms with E-state index in [1.54, 1.807) is 0 Å². The number of carbonyl (C=O) groups is 3. The average molecular weight is 285 g/mol. The van der Waals surface area contributed by atoms with E-state index < -0.39 is 23.3 Å². The fraction of sp³-hybridized carbons (Fsp3) is 0.769. The van der Waals surface area contributed by atoms with E-state index >= 15 is 0 Å². The molecular formula is C13H23N3O4. The highest BCUT2D eigenvalue weighted by Crippen LogP contribution is 2.28. The summed E-state index contributed by atoms with van der Waals surface area (Å²) >= 11 is 0. The van der Waals surface area contributed by atoms with Crippen LogP contribution in [0.4, 0.5) is 0 Å². The number of esters is 1. The monoisotopic (exact) mass is 285 g/mol. The molecule has 114 valence electrons. The molecule has 0 bridgehead atoms. The first-order chi connectivity index (χ1) is 9.54. The van der Waals surface area contributed by atoms with Crippen molar-refractivity contribution in [3.63, 3.8) is 0 Å². The average Bonchev–Trinajstić information content (AvgIpc) is 2.70. The molecule has 0 heterocycles. The molecule has 2 amide bonds. The number of hydrogen-bond donors (Lipinski definition) is 3. The minimum absolute atomic E-state index is 0.171. The van der Waals surface area contributed by atoms with Gasteiger partial charge in [0, 0.05) is 0 Å². The molecule has 0 atom stereocenters. The molecule has 7 nitrogen and oxygen atoms in total. The second-order valence-corrected chi connectivity index (χ2v) is 5.02. The highest BCUT2D eigenvalue weighted by Gasteiger charge is 2.40. The topological polar surface area (TPSA) is 111 Å². The lowest BCUT2D eigenvalue weighted by Gasteiger charge is -2.30. The minimum Gasteiger partial charge on any atom is -0.467 e. The summed E-state index contributed by atoms with van der Waals surface area (Å²) in [6, 6.07) is 0. The van der Waals surface area contributed by atoms with Gasteiger partial charge in [-0.15, -0.1) is 0 Å². The number of rotatable bonds is 5. The summed E-state index contributed by atoms with van der Waals surface area (Å²) in [6.45, 7) is -0.357. The number of nitrogens with two attached hydrogens (primary N) is 1. The molecule has 1 rings (SSSR count). The van der Waals surface area contributed by atoms with Crippen LogP contribution in [0.5, 0.6) is 0 Å². The quantitative estimate of drug-likeness (QED) is 0.463. The number of amides is 2. The minimum atomic E-state index is -0.963. The number of ether oxygens (including phenoxy) is 1. The van der Waals surface area contributed by atoms with Gasteiger partial charge in [0.2, 0.25) is 11.8 Å². The molecule has 0 saturated heterocycles. The Morgan fingerprint density at radius 2 is 1.70 bits per heavy atom. The van der Waals surface area contributed by atoms with Crippen LogP contribution in [-0.2, 0) is 19.1 Å². The van der Waals surface area contributed by atoms with E-state index in [9.17, 15) is 14.4 Å². The number of nitrogens with one attached hydrogen (secondary N) is 2. The second-order valence-electron chi connectivity index (χ2n) is 5.02. The molecule has 0 radical (unpaired) electrons. The van der Waals surface area contributed by atoms with E-state index in [0.29, 0.717) is 12.8 Å². The molecule has 1 aliphatic carbocycles. The SMILES string of the molecule is COC(=O)C1(NC(=O)CNC(=O)CN)CCCCCC1. The van der Waals surface area contributed by atoms with Gasteiger partial charge in [0.15, 0.2) is 0 Å². The molecular weight excluding hydrogens is 262 g/mol. The van der Waals surface area contributed by atoms with Crippen molar-refractivity contribution in [1.82, 2.24) is 10.6 Å². The molecule has 0 aromatic heterocycles. The fourth-order valence-electron chi connectivity index (χ4n) is 2.47. The predicted octanol–water partition coefficient (Wildman–Crippen LogP) is -0.556. The Labute approximate surface area is 118 Å². The Balaban J connectivity index is 2.66. The van der Waals surface area contributed by atoms with Crippen LogP contribution < -0.4 is 16.4 Å². The van der Waals surface area contributed by atoms with Crippen LogP contribution in [0, 0.1) is 0 Å². The standard InChI is InChI=1S/C13H23N3O4/c1-20-12(19)13(6-4-2-3-5-7-13)16-11(18)9-15-10(17)8-14/h2-9,14H2,1H3,(H,15,17)(H,16,18). The Bertz CT molecular complexity index is 363. The van der Waals surface area contributed by atoms with Crippen molar-refractivity contribution in [2.24, 2.45) is 5.73 Å². The summed E-state index contributed by atoms with van der Waals surface area (Å²) < 4.78 is 4.84. The van der Waals surface area contributed by atoms with Gasteiger partial charge in [0.05, 0.1) is 20.2 Å². The lowest BCUT2D eigenvalue weighted by molar-refractivity contribution is -0.151. The van der Waals surface area contributed by atoms with Crippen LogP contribution in [0.1, 0.15) is 38.5 Å². The van der Waals surface area contributed by atoms with Crippen molar-refractivity contribution in [3.05, 3.63) is 0 Å². The van der Waals surface area contributed by atoms with Gasteiger partial charge in [-0.25, -0.2) is 4.79 Å². The highest BCUT2D eigenvalue weighted by molar-refractivity contribution is 5.90. The maximum Gasteiger partial charge on any atom is 0.331 e. The summed E-state index contributed by atoms with van der Waals surface area (Å²) in [5.41, 5.74) is 4.18. The third-order valence-corrected chi connectivity index (χ3v) is 3.54. The van der Waals surface area contributed by atoms with Crippen molar-refractivity contribution < 1.29 is 19.1 Å². The molecule has 0 aromatic rings. The van der Waals surface area contributed by atoms with Gasteiger partial charge < -0.3 is 21.1 Å². The fourth-order valence-corrected chi connectivity index (χ4v) is 2.47. The lowest BCUT2D eigenvalue weighted by Crippen LogP contribution is -2.56. The van der Waals surface area contributed by atoms with Crippen LogP contribution >= 0.6 is 0 Å². The van der Waals surface area contributed by atoms with Gasteiger partial charge in [0.25, 0.3) is 0 Å². The van der Waals surface area contributed by atoms with E-state index in [2.05, 4.69) is 10.6 Å². The third-order valence-electron chi connectivity index (χ3n) is 3.54. The molecule has 7 heteroatoms. The van der Waals surface area contributed by atoms with Crippen LogP contribution in [0.15, 0.2) is 0 Å². The lowest BCUT2D eigenvalue weighted by atomic mass is 9.90. The summed E-state index contributed by atoms with van der Waals surface area (Å²) in [6.07, 6.45) is 4.94. The van der Waals surface area contributed by atoms with Gasteiger partial charge in [-0.2, -0.15) is 0 Å². The zero-order valence-electron chi connectivity index (χ0n) is 11.9. The van der Waals surface area contributed by atoms with Gasteiger partial charge >= 0.3 is 5.97 Å². The van der Waals surface area contributed by atoms with E-state index in [-0.39, 0.29) is 13.1 Å². The van der Waals surface area contributed by atoms with Crippen LogP contribution in [0.25, 0.3) is 0 Å². The molecule has 0 spiro atoms. The van der Waals surface area contributed by atoms with Crippen molar-refractivity contribution in [2.75, 3.05) is 20.2 Å². The maximum atomic E-state index is 12.0. The molecule has 0 unspecified atom stereocenters. The molecule has 1 aliphatic rings. The molecule has 0 aliphatic heterocycles. The number of hydrogen-bond acceptors (Lipinski definition) is 5. The summed E-state index contributed by atoms with van der Waals surface area (Å²) in [5.74, 6) is -1.23. The third kappa shape index (κ3) is 4.48. The molecule has 4 N–H and O–H groups in total. The molecule has 0 aromatic carbocycles. The molecule has 1 saturated carbocycles. The maximum absolute atomic E-state index is 12.0. The van der Waals surface area contributed by atoms with Crippen molar-refractivity contribution in [2.45, 2.75) is 44.1 Å². The van der Waals surface area contributed by atoms with Crippen LogP contribution in [0.3, 0.4) is 0 Å². The van der Waals surface area contributed by atoms with E-state index in [1.165, 1.54) is 7.11 Å². The van der Waals surface area contributed by atoms with Crippen molar-refractivity contribution in [3.8, 4) is 0 Å². The largest absolute Gasteiger partial charge is 0.467 e. The summed E-state index contributed by atoms with van der Waals surface area (Å²) in [7, 11) is 1.32. The van der Waals surface area contributed by atoms with Crippen molar-refractivity contribution >= 4 is 17.8 Å². The highest BCUT2D eigenvalue weighted by atomic mass is 16.5. The van der Waals surface area contributed by atoms with E-state index in [0.717, 1.165) is 25.7 Å². The molecule has 1 fully saturated rings. The van der Waals surface area contributed by atoms with Crippen LogP contribution in [0.2, 0.25) is 0 Å². The zero-order chi connectivity index (χ0) is 15.0. The smallest absolute Gasteiger partial charge is 0.331 e. The Hall–Kier alpha value is -1.63. The predicted molar refractivity (Wildman–Crippen MR) is 72.7 cm³/mol. The summed E-state index contributed by atoms with van der Waals surface area (Å²) in [4.78, 5) is 34.9. The van der Waals surface area contributed by atoms with Gasteiger partial charge in [-0.1, -0.05) is 25.7 Å². The Morgan fingerprint density at radius 3 is 2.20 bits per heavy atom. The number of carbonyl (C=O) groups excluding carboxylic acids is 3. The van der Waals surface area contributed by atoms with E-state index in [4.69, 9.17) is 10.5 Å². The second kappa shape index (κ2) is 7.84. The molecule has 20 heavy (non-hydrogen) atoms.